The first-order valence-electron chi connectivity index (χ1n) is 6.79. The lowest BCUT2D eigenvalue weighted by molar-refractivity contribution is 0.147. The Hall–Kier alpha value is -1.74. The third-order valence-electron chi connectivity index (χ3n) is 2.74. The van der Waals surface area contributed by atoms with Gasteiger partial charge in [0.2, 0.25) is 0 Å². The molecule has 110 valence electrons. The molecule has 1 rings (SSSR count). The van der Waals surface area contributed by atoms with Crippen molar-refractivity contribution in [1.29, 1.82) is 0 Å². The van der Waals surface area contributed by atoms with Crippen molar-refractivity contribution in [2.24, 2.45) is 0 Å². The monoisotopic (exact) mass is 276 g/mol. The van der Waals surface area contributed by atoms with Crippen molar-refractivity contribution in [2.45, 2.75) is 33.0 Å². The Morgan fingerprint density at radius 3 is 2.50 bits per heavy atom. The van der Waals surface area contributed by atoms with Crippen LogP contribution in [0.2, 0.25) is 0 Å². The van der Waals surface area contributed by atoms with E-state index in [1.165, 1.54) is 0 Å². The first-order chi connectivity index (χ1) is 9.63. The lowest BCUT2D eigenvalue weighted by atomic mass is 10.0. The van der Waals surface area contributed by atoms with Crippen molar-refractivity contribution in [3.8, 4) is 11.5 Å². The van der Waals surface area contributed by atoms with Crippen molar-refractivity contribution in [2.75, 3.05) is 13.7 Å². The molecule has 3 nitrogen and oxygen atoms in total. The van der Waals surface area contributed by atoms with Crippen LogP contribution in [0.4, 0.5) is 0 Å². The molecule has 3 heteroatoms. The topological polar surface area (TPSA) is 27.7 Å². The molecule has 0 aromatic heterocycles. The maximum atomic E-state index is 5.92. The van der Waals surface area contributed by atoms with Crippen molar-refractivity contribution >= 4 is 0 Å². The summed E-state index contributed by atoms with van der Waals surface area (Å²) < 4.78 is 16.9. The molecule has 0 bridgehead atoms. The van der Waals surface area contributed by atoms with Crippen LogP contribution in [0, 0.1) is 0 Å². The van der Waals surface area contributed by atoms with Gasteiger partial charge in [0.1, 0.15) is 0 Å². The zero-order chi connectivity index (χ0) is 15.0. The summed E-state index contributed by atoms with van der Waals surface area (Å²) in [4.78, 5) is 0. The number of methoxy groups -OCH3 is 1. The molecular weight excluding hydrogens is 252 g/mol. The van der Waals surface area contributed by atoms with E-state index in [9.17, 15) is 0 Å². The fourth-order valence-electron chi connectivity index (χ4n) is 1.93. The highest BCUT2D eigenvalue weighted by Gasteiger charge is 2.15. The zero-order valence-electron chi connectivity index (χ0n) is 12.6. The number of benzene rings is 1. The minimum Gasteiger partial charge on any atom is -0.493 e. The summed E-state index contributed by atoms with van der Waals surface area (Å²) in [5, 5.41) is 0. The van der Waals surface area contributed by atoms with Crippen molar-refractivity contribution in [1.82, 2.24) is 0 Å². The summed E-state index contributed by atoms with van der Waals surface area (Å²) in [6.45, 7) is 12.5. The van der Waals surface area contributed by atoms with E-state index >= 15 is 0 Å². The molecule has 20 heavy (non-hydrogen) atoms. The van der Waals surface area contributed by atoms with Crippen molar-refractivity contribution in [3.05, 3.63) is 48.6 Å². The molecule has 0 saturated heterocycles. The van der Waals surface area contributed by atoms with Gasteiger partial charge in [0.25, 0.3) is 0 Å². The molecule has 0 saturated carbocycles. The molecule has 0 radical (unpaired) electrons. The summed E-state index contributed by atoms with van der Waals surface area (Å²) >= 11 is 0. The molecule has 0 spiro atoms. The van der Waals surface area contributed by atoms with E-state index in [1.54, 1.807) is 13.2 Å². The summed E-state index contributed by atoms with van der Waals surface area (Å²) in [6.07, 6.45) is 4.39. The van der Waals surface area contributed by atoms with E-state index in [-0.39, 0.29) is 6.10 Å². The molecule has 1 aromatic rings. The quantitative estimate of drug-likeness (QED) is 0.505. The average molecular weight is 276 g/mol. The predicted octanol–water partition coefficient (Wildman–Crippen LogP) is 3.91. The van der Waals surface area contributed by atoms with Gasteiger partial charge in [0.15, 0.2) is 11.5 Å². The Bertz CT molecular complexity index is 450. The molecular formula is C17H24O3. The van der Waals surface area contributed by atoms with Crippen LogP contribution in [-0.4, -0.2) is 19.8 Å². The molecule has 1 aromatic carbocycles. The molecule has 0 unspecified atom stereocenters. The van der Waals surface area contributed by atoms with E-state index in [0.717, 1.165) is 22.6 Å². The van der Waals surface area contributed by atoms with Crippen LogP contribution in [0.5, 0.6) is 11.5 Å². The minimum absolute atomic E-state index is 0.0804. The summed E-state index contributed by atoms with van der Waals surface area (Å²) in [5.74, 6) is 1.52. The lowest BCUT2D eigenvalue weighted by Gasteiger charge is -2.19. The first-order valence-corrected chi connectivity index (χ1v) is 6.79. The Labute approximate surface area is 121 Å². The highest BCUT2D eigenvalue weighted by atomic mass is 16.5. The van der Waals surface area contributed by atoms with Gasteiger partial charge in [-0.1, -0.05) is 18.2 Å². The second-order valence-electron chi connectivity index (χ2n) is 4.70. The summed E-state index contributed by atoms with van der Waals surface area (Å²) in [6, 6.07) is 3.92. The number of hydrogen-bond donors (Lipinski definition) is 0. The normalized spacial score (nSPS) is 10.4. The van der Waals surface area contributed by atoms with Gasteiger partial charge in [0.05, 0.1) is 26.4 Å². The Morgan fingerprint density at radius 1 is 1.20 bits per heavy atom. The van der Waals surface area contributed by atoms with E-state index in [4.69, 9.17) is 14.2 Å². The van der Waals surface area contributed by atoms with Gasteiger partial charge in [-0.3, -0.25) is 0 Å². The highest BCUT2D eigenvalue weighted by Crippen LogP contribution is 2.35. The SMILES string of the molecule is C=CCOCc1ccc(OC)c(OC(C)C)c1CC=C. The average Bonchev–Trinajstić information content (AvgIpc) is 2.42. The van der Waals surface area contributed by atoms with Crippen LogP contribution >= 0.6 is 0 Å². The summed E-state index contributed by atoms with van der Waals surface area (Å²) in [7, 11) is 1.65. The van der Waals surface area contributed by atoms with Crippen molar-refractivity contribution < 1.29 is 14.2 Å². The second-order valence-corrected chi connectivity index (χ2v) is 4.70. The predicted molar refractivity (Wildman–Crippen MR) is 82.5 cm³/mol. The van der Waals surface area contributed by atoms with Gasteiger partial charge < -0.3 is 14.2 Å². The number of allylic oxidation sites excluding steroid dienone is 1. The largest absolute Gasteiger partial charge is 0.493 e. The fourth-order valence-corrected chi connectivity index (χ4v) is 1.93. The molecule has 0 heterocycles. The second kappa shape index (κ2) is 8.43. The van der Waals surface area contributed by atoms with Crippen LogP contribution in [-0.2, 0) is 17.8 Å². The minimum atomic E-state index is 0.0804. The maximum absolute atomic E-state index is 5.92. The standard InChI is InChI=1S/C17H24O3/c1-6-8-15-14(12-19-11-7-2)9-10-16(18-5)17(15)20-13(3)4/h6-7,9-10,13H,1-2,8,11-12H2,3-5H3. The lowest BCUT2D eigenvalue weighted by Crippen LogP contribution is -2.10. The molecule has 0 aliphatic rings. The van der Waals surface area contributed by atoms with Crippen LogP contribution in [0.15, 0.2) is 37.4 Å². The van der Waals surface area contributed by atoms with Gasteiger partial charge in [0, 0.05) is 5.56 Å². The highest BCUT2D eigenvalue weighted by molar-refractivity contribution is 5.51. The van der Waals surface area contributed by atoms with E-state index in [0.29, 0.717) is 19.6 Å². The van der Waals surface area contributed by atoms with Crippen LogP contribution < -0.4 is 9.47 Å². The van der Waals surface area contributed by atoms with Gasteiger partial charge in [-0.2, -0.15) is 0 Å². The molecule has 0 aliphatic carbocycles. The third kappa shape index (κ3) is 4.42. The Kier molecular flexibility index (Phi) is 6.88. The van der Waals surface area contributed by atoms with Gasteiger partial charge in [-0.25, -0.2) is 0 Å². The maximum Gasteiger partial charge on any atom is 0.165 e. The zero-order valence-corrected chi connectivity index (χ0v) is 12.6. The van der Waals surface area contributed by atoms with Crippen LogP contribution in [0.3, 0.4) is 0 Å². The van der Waals surface area contributed by atoms with Gasteiger partial charge in [-0.15, -0.1) is 13.2 Å². The van der Waals surface area contributed by atoms with Gasteiger partial charge >= 0.3 is 0 Å². The van der Waals surface area contributed by atoms with E-state index in [1.807, 2.05) is 32.1 Å². The van der Waals surface area contributed by atoms with E-state index < -0.39 is 0 Å². The first kappa shape index (κ1) is 16.3. The molecule has 0 fully saturated rings. The van der Waals surface area contributed by atoms with Crippen molar-refractivity contribution in [3.63, 3.8) is 0 Å². The fraction of sp³-hybridized carbons (Fsp3) is 0.412. The Morgan fingerprint density at radius 2 is 1.95 bits per heavy atom. The number of hydrogen-bond acceptors (Lipinski definition) is 3. The molecule has 0 N–H and O–H groups in total. The number of rotatable bonds is 9. The summed E-state index contributed by atoms with van der Waals surface area (Å²) in [5.41, 5.74) is 2.15. The Balaban J connectivity index is 3.15. The van der Waals surface area contributed by atoms with Crippen LogP contribution in [0.1, 0.15) is 25.0 Å². The number of ether oxygens (including phenoxy) is 3. The molecule has 0 atom stereocenters. The smallest absolute Gasteiger partial charge is 0.165 e. The molecule has 0 aliphatic heterocycles. The third-order valence-corrected chi connectivity index (χ3v) is 2.74. The van der Waals surface area contributed by atoms with Crippen LogP contribution in [0.25, 0.3) is 0 Å². The van der Waals surface area contributed by atoms with E-state index in [2.05, 4.69) is 13.2 Å². The van der Waals surface area contributed by atoms with Gasteiger partial charge in [-0.05, 0) is 31.9 Å². The molecule has 0 amide bonds.